The predicted molar refractivity (Wildman–Crippen MR) is 111 cm³/mol. The predicted octanol–water partition coefficient (Wildman–Crippen LogP) is 2.19. The molecule has 0 aromatic heterocycles. The third-order valence-corrected chi connectivity index (χ3v) is 5.26. The summed E-state index contributed by atoms with van der Waals surface area (Å²) in [6.45, 7) is 2.02. The van der Waals surface area contributed by atoms with Gasteiger partial charge in [0.1, 0.15) is 23.7 Å². The van der Waals surface area contributed by atoms with Crippen LogP contribution < -0.4 is 16.0 Å². The quantitative estimate of drug-likeness (QED) is 0.658. The van der Waals surface area contributed by atoms with E-state index in [1.807, 2.05) is 30.3 Å². The Balaban J connectivity index is 1.64. The number of hydrogen-bond donors (Lipinski definition) is 3. The number of nitrogens with one attached hydrogen (secondary N) is 3. The Labute approximate surface area is 179 Å². The summed E-state index contributed by atoms with van der Waals surface area (Å²) in [5, 5.41) is 8.08. The first-order valence-corrected chi connectivity index (χ1v) is 10.2. The van der Waals surface area contributed by atoms with E-state index in [9.17, 15) is 23.2 Å². The van der Waals surface area contributed by atoms with Gasteiger partial charge in [-0.2, -0.15) is 0 Å². The van der Waals surface area contributed by atoms with Crippen molar-refractivity contribution in [3.8, 4) is 0 Å². The van der Waals surface area contributed by atoms with Crippen LogP contribution in [0.5, 0.6) is 0 Å². The third kappa shape index (κ3) is 6.10. The van der Waals surface area contributed by atoms with Crippen LogP contribution in [-0.2, 0) is 20.8 Å². The zero-order chi connectivity index (χ0) is 22.4. The van der Waals surface area contributed by atoms with Crippen LogP contribution in [0.3, 0.4) is 0 Å². The van der Waals surface area contributed by atoms with E-state index in [2.05, 4.69) is 16.0 Å². The molecule has 1 saturated heterocycles. The van der Waals surface area contributed by atoms with Gasteiger partial charge in [0, 0.05) is 18.5 Å². The van der Waals surface area contributed by atoms with Crippen LogP contribution in [0.1, 0.15) is 36.8 Å². The van der Waals surface area contributed by atoms with Crippen molar-refractivity contribution in [2.45, 2.75) is 44.2 Å². The molecule has 6 nitrogen and oxygen atoms in total. The van der Waals surface area contributed by atoms with E-state index in [1.54, 1.807) is 0 Å². The average molecular weight is 429 g/mol. The molecule has 2 aromatic rings. The smallest absolute Gasteiger partial charge is 0.243 e. The van der Waals surface area contributed by atoms with Gasteiger partial charge in [-0.3, -0.25) is 14.4 Å². The lowest BCUT2D eigenvalue weighted by Crippen LogP contribution is -2.54. The van der Waals surface area contributed by atoms with Gasteiger partial charge in [-0.05, 0) is 43.0 Å². The van der Waals surface area contributed by atoms with Gasteiger partial charge in [0.2, 0.25) is 17.7 Å². The lowest BCUT2D eigenvalue weighted by molar-refractivity contribution is -0.131. The lowest BCUT2D eigenvalue weighted by Gasteiger charge is -2.26. The zero-order valence-electron chi connectivity index (χ0n) is 17.2. The molecule has 3 amide bonds. The normalized spacial score (nSPS) is 19.6. The molecule has 1 aliphatic heterocycles. The summed E-state index contributed by atoms with van der Waals surface area (Å²) in [7, 11) is 0. The highest BCUT2D eigenvalue weighted by molar-refractivity contribution is 5.92. The van der Waals surface area contributed by atoms with Crippen molar-refractivity contribution in [2.75, 3.05) is 6.54 Å². The Bertz CT molecular complexity index is 932. The summed E-state index contributed by atoms with van der Waals surface area (Å²) in [6.07, 6.45) is 1.23. The van der Waals surface area contributed by atoms with Gasteiger partial charge >= 0.3 is 0 Å². The molecule has 0 bridgehead atoms. The standard InChI is InChI=1S/C23H25F2N3O3/c1-14(27-20(29)12-15-10-17(24)13-18(25)11-15)22(30)28-21-19(8-5-9-26-23(21)31)16-6-3-2-4-7-16/h2-4,6-7,10-11,13-14,19,21H,5,8-9,12H2,1H3,(H,26,31)(H,27,29)(H,28,30)/t14-,19+,21-/m0/s1. The Kier molecular flexibility index (Phi) is 7.33. The maximum atomic E-state index is 13.3. The van der Waals surface area contributed by atoms with Crippen LogP contribution in [0.15, 0.2) is 48.5 Å². The third-order valence-electron chi connectivity index (χ3n) is 5.26. The van der Waals surface area contributed by atoms with Crippen molar-refractivity contribution in [2.24, 2.45) is 0 Å². The lowest BCUT2D eigenvalue weighted by atomic mass is 9.87. The van der Waals surface area contributed by atoms with E-state index in [1.165, 1.54) is 6.92 Å². The summed E-state index contributed by atoms with van der Waals surface area (Å²) in [5.74, 6) is -3.08. The first-order valence-electron chi connectivity index (χ1n) is 10.2. The van der Waals surface area contributed by atoms with Gasteiger partial charge in [-0.1, -0.05) is 30.3 Å². The monoisotopic (exact) mass is 429 g/mol. The molecule has 0 saturated carbocycles. The second-order valence-corrected chi connectivity index (χ2v) is 7.68. The zero-order valence-corrected chi connectivity index (χ0v) is 17.2. The minimum absolute atomic E-state index is 0.162. The van der Waals surface area contributed by atoms with Crippen molar-refractivity contribution < 1.29 is 23.2 Å². The minimum Gasteiger partial charge on any atom is -0.354 e. The molecule has 0 radical (unpaired) electrons. The molecular formula is C23H25F2N3O3. The van der Waals surface area contributed by atoms with Crippen LogP contribution in [0.4, 0.5) is 8.78 Å². The Hall–Kier alpha value is -3.29. The number of amides is 3. The molecule has 1 aliphatic rings. The fourth-order valence-electron chi connectivity index (χ4n) is 3.75. The van der Waals surface area contributed by atoms with Gasteiger partial charge in [0.25, 0.3) is 0 Å². The van der Waals surface area contributed by atoms with Crippen molar-refractivity contribution in [1.29, 1.82) is 0 Å². The van der Waals surface area contributed by atoms with Crippen LogP contribution in [0.2, 0.25) is 0 Å². The molecule has 31 heavy (non-hydrogen) atoms. The molecule has 2 aromatic carbocycles. The van der Waals surface area contributed by atoms with E-state index in [-0.39, 0.29) is 23.8 Å². The highest BCUT2D eigenvalue weighted by Gasteiger charge is 2.33. The molecule has 0 spiro atoms. The molecule has 8 heteroatoms. The second-order valence-electron chi connectivity index (χ2n) is 7.68. The fraction of sp³-hybridized carbons (Fsp3) is 0.348. The van der Waals surface area contributed by atoms with Crippen molar-refractivity contribution in [1.82, 2.24) is 16.0 Å². The van der Waals surface area contributed by atoms with E-state index in [0.29, 0.717) is 6.54 Å². The Morgan fingerprint density at radius 1 is 1.13 bits per heavy atom. The van der Waals surface area contributed by atoms with E-state index in [0.717, 1.165) is 36.6 Å². The number of halogens is 2. The Morgan fingerprint density at radius 2 is 1.81 bits per heavy atom. The summed E-state index contributed by atoms with van der Waals surface area (Å²) in [4.78, 5) is 37.5. The first kappa shape index (κ1) is 22.4. The van der Waals surface area contributed by atoms with Gasteiger partial charge in [-0.25, -0.2) is 8.78 Å². The number of rotatable bonds is 6. The second kappa shape index (κ2) is 10.1. The van der Waals surface area contributed by atoms with Gasteiger partial charge < -0.3 is 16.0 Å². The first-order chi connectivity index (χ1) is 14.8. The number of benzene rings is 2. The van der Waals surface area contributed by atoms with Crippen LogP contribution in [0.25, 0.3) is 0 Å². The number of carbonyl (C=O) groups excluding carboxylic acids is 3. The van der Waals surface area contributed by atoms with Crippen molar-refractivity contribution >= 4 is 17.7 Å². The molecule has 0 aliphatic carbocycles. The minimum atomic E-state index is -0.932. The molecule has 3 atom stereocenters. The molecule has 3 rings (SSSR count). The Morgan fingerprint density at radius 3 is 2.48 bits per heavy atom. The maximum absolute atomic E-state index is 13.3. The highest BCUT2D eigenvalue weighted by atomic mass is 19.1. The van der Waals surface area contributed by atoms with E-state index >= 15 is 0 Å². The van der Waals surface area contributed by atoms with Crippen molar-refractivity contribution in [3.05, 3.63) is 71.3 Å². The summed E-state index contributed by atoms with van der Waals surface area (Å²) in [5.41, 5.74) is 1.12. The average Bonchev–Trinajstić information content (AvgIpc) is 2.89. The van der Waals surface area contributed by atoms with E-state index in [4.69, 9.17) is 0 Å². The van der Waals surface area contributed by atoms with E-state index < -0.39 is 35.5 Å². The van der Waals surface area contributed by atoms with Crippen LogP contribution in [0, 0.1) is 11.6 Å². The van der Waals surface area contributed by atoms with Crippen LogP contribution in [-0.4, -0.2) is 36.3 Å². The maximum Gasteiger partial charge on any atom is 0.243 e. The fourth-order valence-corrected chi connectivity index (χ4v) is 3.75. The summed E-state index contributed by atoms with van der Waals surface area (Å²) >= 11 is 0. The highest BCUT2D eigenvalue weighted by Crippen LogP contribution is 2.27. The molecule has 164 valence electrons. The molecule has 1 fully saturated rings. The molecule has 0 unspecified atom stereocenters. The molecular weight excluding hydrogens is 404 g/mol. The molecule has 1 heterocycles. The summed E-state index contributed by atoms with van der Waals surface area (Å²) < 4.78 is 26.6. The topological polar surface area (TPSA) is 87.3 Å². The van der Waals surface area contributed by atoms with Gasteiger partial charge in [-0.15, -0.1) is 0 Å². The van der Waals surface area contributed by atoms with Crippen molar-refractivity contribution in [3.63, 3.8) is 0 Å². The number of carbonyl (C=O) groups is 3. The molecule has 3 N–H and O–H groups in total. The van der Waals surface area contributed by atoms with Crippen LogP contribution >= 0.6 is 0 Å². The summed E-state index contributed by atoms with van der Waals surface area (Å²) in [6, 6.07) is 10.6. The SMILES string of the molecule is C[C@H](NC(=O)Cc1cc(F)cc(F)c1)C(=O)N[C@@H]1C(=O)NCCC[C@@H]1c1ccccc1. The van der Waals surface area contributed by atoms with Gasteiger partial charge in [0.05, 0.1) is 6.42 Å². The number of hydrogen-bond acceptors (Lipinski definition) is 3. The largest absolute Gasteiger partial charge is 0.354 e. The van der Waals surface area contributed by atoms with Gasteiger partial charge in [0.15, 0.2) is 0 Å².